The summed E-state index contributed by atoms with van der Waals surface area (Å²) in [6.07, 6.45) is 0. The third-order valence-electron chi connectivity index (χ3n) is 6.15. The van der Waals surface area contributed by atoms with Crippen LogP contribution in [0.5, 0.6) is 0 Å². The van der Waals surface area contributed by atoms with Crippen molar-refractivity contribution in [2.45, 2.75) is 30.6 Å². The average Bonchev–Trinajstić information content (AvgIpc) is 2.91. The number of benzene rings is 4. The van der Waals surface area contributed by atoms with Crippen LogP contribution in [-0.4, -0.2) is 29.3 Å². The third-order valence-corrected chi connectivity index (χ3v) is 9.72. The molecule has 0 unspecified atom stereocenters. The maximum atomic E-state index is 13.5. The smallest absolute Gasteiger partial charge is 0.264 e. The summed E-state index contributed by atoms with van der Waals surface area (Å²) in [5.41, 5.74) is 3.46. The van der Waals surface area contributed by atoms with Crippen LogP contribution in [0.25, 0.3) is 0 Å². The van der Waals surface area contributed by atoms with Gasteiger partial charge in [-0.3, -0.25) is 13.8 Å². The first kappa shape index (κ1) is 29.1. The van der Waals surface area contributed by atoms with Crippen molar-refractivity contribution in [3.63, 3.8) is 0 Å². The molecule has 0 aliphatic rings. The van der Waals surface area contributed by atoms with Crippen LogP contribution >= 0.6 is 11.6 Å². The van der Waals surface area contributed by atoms with Gasteiger partial charge in [-0.25, -0.2) is 16.8 Å². The molecule has 2 N–H and O–H groups in total. The number of nitrogens with one attached hydrogen (secondary N) is 2. The van der Waals surface area contributed by atoms with Gasteiger partial charge in [0.2, 0.25) is 5.91 Å². The number of hydrogen-bond donors (Lipinski definition) is 2. The first-order valence-corrected chi connectivity index (χ1v) is 15.5. The lowest BCUT2D eigenvalue weighted by atomic mass is 10.1. The molecule has 0 aliphatic carbocycles. The average molecular weight is 598 g/mol. The Kier molecular flexibility index (Phi) is 8.53. The summed E-state index contributed by atoms with van der Waals surface area (Å²) in [6.45, 7) is 4.93. The number of nitrogens with zero attached hydrogens (tertiary/aromatic N) is 1. The van der Waals surface area contributed by atoms with Crippen molar-refractivity contribution in [3.8, 4) is 0 Å². The summed E-state index contributed by atoms with van der Waals surface area (Å²) in [7, 11) is -7.98. The third kappa shape index (κ3) is 6.64. The minimum atomic E-state index is -4.11. The lowest BCUT2D eigenvalue weighted by Gasteiger charge is -2.24. The van der Waals surface area contributed by atoms with Gasteiger partial charge >= 0.3 is 0 Å². The molecule has 40 heavy (non-hydrogen) atoms. The van der Waals surface area contributed by atoms with Crippen LogP contribution in [0.3, 0.4) is 0 Å². The SMILES string of the molecule is Cc1ccc(C)c(NS(=O)(=O)c2ccc(NC(=O)CN(c3ccc(C)c(Cl)c3)S(=O)(=O)c3ccccc3)cc2)c1. The molecule has 0 radical (unpaired) electrons. The number of anilines is 3. The number of carbonyl (C=O) groups excluding carboxylic acids is 1. The highest BCUT2D eigenvalue weighted by Gasteiger charge is 2.27. The number of hydrogen-bond acceptors (Lipinski definition) is 5. The minimum Gasteiger partial charge on any atom is -0.325 e. The Morgan fingerprint density at radius 3 is 2.08 bits per heavy atom. The molecule has 4 aromatic rings. The highest BCUT2D eigenvalue weighted by molar-refractivity contribution is 7.93. The number of carbonyl (C=O) groups is 1. The molecule has 8 nitrogen and oxygen atoms in total. The van der Waals surface area contributed by atoms with E-state index < -0.39 is 32.5 Å². The Hall–Kier alpha value is -3.86. The van der Waals surface area contributed by atoms with E-state index in [4.69, 9.17) is 11.6 Å². The molecule has 0 fully saturated rings. The first-order valence-electron chi connectivity index (χ1n) is 12.2. The van der Waals surface area contributed by atoms with E-state index in [1.54, 1.807) is 43.3 Å². The fourth-order valence-electron chi connectivity index (χ4n) is 3.87. The van der Waals surface area contributed by atoms with Crippen molar-refractivity contribution in [1.82, 2.24) is 0 Å². The Morgan fingerprint density at radius 2 is 1.43 bits per heavy atom. The fraction of sp³-hybridized carbons (Fsp3) is 0.138. The molecular weight excluding hydrogens is 570 g/mol. The molecule has 0 atom stereocenters. The van der Waals surface area contributed by atoms with Crippen molar-refractivity contribution in [2.75, 3.05) is 20.9 Å². The highest BCUT2D eigenvalue weighted by atomic mass is 35.5. The molecular formula is C29H28ClN3O5S2. The molecule has 0 saturated carbocycles. The molecule has 0 heterocycles. The summed E-state index contributed by atoms with van der Waals surface area (Å²) in [4.78, 5) is 13.1. The number of amides is 1. The Morgan fingerprint density at radius 1 is 0.775 bits per heavy atom. The van der Waals surface area contributed by atoms with Gasteiger partial charge in [-0.15, -0.1) is 0 Å². The van der Waals surface area contributed by atoms with E-state index in [2.05, 4.69) is 10.0 Å². The van der Waals surface area contributed by atoms with Crippen molar-refractivity contribution in [3.05, 3.63) is 113 Å². The molecule has 0 aromatic heterocycles. The van der Waals surface area contributed by atoms with E-state index >= 15 is 0 Å². The second-order valence-corrected chi connectivity index (χ2v) is 13.2. The van der Waals surface area contributed by atoms with Crippen LogP contribution in [-0.2, 0) is 24.8 Å². The number of aryl methyl sites for hydroxylation is 3. The molecule has 4 rings (SSSR count). The van der Waals surface area contributed by atoms with E-state index in [0.717, 1.165) is 21.0 Å². The van der Waals surface area contributed by atoms with Gasteiger partial charge < -0.3 is 5.32 Å². The topological polar surface area (TPSA) is 113 Å². The molecule has 0 aliphatic heterocycles. The van der Waals surface area contributed by atoms with Gasteiger partial charge in [-0.05, 0) is 92.1 Å². The summed E-state index contributed by atoms with van der Waals surface area (Å²) in [5.74, 6) is -0.625. The second-order valence-electron chi connectivity index (χ2n) is 9.25. The predicted octanol–water partition coefficient (Wildman–Crippen LogP) is 5.90. The molecule has 1 amide bonds. The molecule has 0 bridgehead atoms. The van der Waals surface area contributed by atoms with Crippen molar-refractivity contribution >= 4 is 54.6 Å². The Labute approximate surface area is 239 Å². The molecule has 11 heteroatoms. The van der Waals surface area contributed by atoms with E-state index in [0.29, 0.717) is 16.4 Å². The highest BCUT2D eigenvalue weighted by Crippen LogP contribution is 2.28. The van der Waals surface area contributed by atoms with Gasteiger partial charge in [-0.1, -0.05) is 48.0 Å². The maximum absolute atomic E-state index is 13.5. The molecule has 0 spiro atoms. The number of rotatable bonds is 9. The quantitative estimate of drug-likeness (QED) is 0.249. The van der Waals surface area contributed by atoms with E-state index in [9.17, 15) is 21.6 Å². The van der Waals surface area contributed by atoms with Crippen molar-refractivity contribution in [2.24, 2.45) is 0 Å². The zero-order valence-electron chi connectivity index (χ0n) is 22.1. The van der Waals surface area contributed by atoms with Gasteiger partial charge in [0.15, 0.2) is 0 Å². The predicted molar refractivity (Wildman–Crippen MR) is 159 cm³/mol. The zero-order chi connectivity index (χ0) is 29.1. The normalized spacial score (nSPS) is 11.6. The van der Waals surface area contributed by atoms with Gasteiger partial charge in [0.05, 0.1) is 21.2 Å². The van der Waals surface area contributed by atoms with Crippen LogP contribution in [0.15, 0.2) is 101 Å². The monoisotopic (exact) mass is 597 g/mol. The zero-order valence-corrected chi connectivity index (χ0v) is 24.4. The van der Waals surface area contributed by atoms with Gasteiger partial charge in [0.25, 0.3) is 20.0 Å². The molecule has 208 valence electrons. The van der Waals surface area contributed by atoms with Crippen LogP contribution < -0.4 is 14.3 Å². The summed E-state index contributed by atoms with van der Waals surface area (Å²) < 4.78 is 56.4. The summed E-state index contributed by atoms with van der Waals surface area (Å²) in [5, 5.41) is 3.00. The van der Waals surface area contributed by atoms with E-state index in [1.165, 1.54) is 42.5 Å². The number of sulfonamides is 2. The summed E-state index contributed by atoms with van der Waals surface area (Å²) in [6, 6.07) is 23.6. The summed E-state index contributed by atoms with van der Waals surface area (Å²) >= 11 is 6.26. The van der Waals surface area contributed by atoms with Gasteiger partial charge in [0, 0.05) is 10.7 Å². The Balaban J connectivity index is 1.54. The van der Waals surface area contributed by atoms with Crippen LogP contribution in [0.4, 0.5) is 17.1 Å². The number of halogens is 1. The largest absolute Gasteiger partial charge is 0.325 e. The maximum Gasteiger partial charge on any atom is 0.264 e. The van der Waals surface area contributed by atoms with Gasteiger partial charge in [-0.2, -0.15) is 0 Å². The van der Waals surface area contributed by atoms with Crippen LogP contribution in [0, 0.1) is 20.8 Å². The van der Waals surface area contributed by atoms with Crippen LogP contribution in [0.1, 0.15) is 16.7 Å². The molecule has 0 saturated heterocycles. The van der Waals surface area contributed by atoms with Crippen molar-refractivity contribution in [1.29, 1.82) is 0 Å². The van der Waals surface area contributed by atoms with E-state index in [1.807, 2.05) is 26.0 Å². The lowest BCUT2D eigenvalue weighted by molar-refractivity contribution is -0.114. The first-order chi connectivity index (χ1) is 18.9. The van der Waals surface area contributed by atoms with Gasteiger partial charge in [0.1, 0.15) is 6.54 Å². The Bertz CT molecular complexity index is 1760. The molecule has 4 aromatic carbocycles. The fourth-order valence-corrected chi connectivity index (χ4v) is 6.60. The minimum absolute atomic E-state index is 0.00832. The van der Waals surface area contributed by atoms with E-state index in [-0.39, 0.29) is 15.5 Å². The van der Waals surface area contributed by atoms with Crippen LogP contribution in [0.2, 0.25) is 5.02 Å². The standard InChI is InChI=1S/C29H28ClN3O5S2/c1-20-9-10-22(3)28(17-20)32-39(35,36)25-15-12-23(13-16-25)31-29(34)19-33(24-14-11-21(2)27(30)18-24)40(37,38)26-7-5-4-6-8-26/h4-18,32H,19H2,1-3H3,(H,31,34). The lowest BCUT2D eigenvalue weighted by Crippen LogP contribution is -2.38. The second kappa shape index (κ2) is 11.7. The van der Waals surface area contributed by atoms with Crippen molar-refractivity contribution < 1.29 is 21.6 Å².